The molecule has 0 heterocycles. The maximum atomic E-state index is 12.3. The number of carbonyl (C=O) groups excluding carboxylic acids is 1. The third-order valence-corrected chi connectivity index (χ3v) is 3.87. The summed E-state index contributed by atoms with van der Waals surface area (Å²) < 4.78 is 5.78. The second-order valence-corrected chi connectivity index (χ2v) is 5.54. The van der Waals surface area contributed by atoms with E-state index in [1.54, 1.807) is 4.90 Å². The molecule has 24 heavy (non-hydrogen) atoms. The second-order valence-electron chi connectivity index (χ2n) is 5.54. The van der Waals surface area contributed by atoms with Crippen molar-refractivity contribution >= 4 is 6.03 Å². The van der Waals surface area contributed by atoms with Crippen molar-refractivity contribution in [2.24, 2.45) is 0 Å². The fraction of sp³-hybridized carbons (Fsp3) is 0.350. The summed E-state index contributed by atoms with van der Waals surface area (Å²) in [5, 5.41) is 2.92. The lowest BCUT2D eigenvalue weighted by atomic mass is 10.1. The molecule has 0 bridgehead atoms. The number of aryl methyl sites for hydroxylation is 1. The standard InChI is InChI=1S/C20H26N2O2/c1-3-18-12-8-9-13-19(18)24-15-14-21-20(23)22(4-2)16-17-10-6-5-7-11-17/h5-13H,3-4,14-16H2,1-2H3,(H,21,23). The minimum atomic E-state index is -0.0614. The Hall–Kier alpha value is -2.49. The van der Waals surface area contributed by atoms with E-state index in [2.05, 4.69) is 18.3 Å². The molecule has 1 N–H and O–H groups in total. The van der Waals surface area contributed by atoms with E-state index >= 15 is 0 Å². The Kier molecular flexibility index (Phi) is 7.15. The number of rotatable bonds is 8. The first kappa shape index (κ1) is 17.9. The Bertz CT molecular complexity index is 629. The Balaban J connectivity index is 1.77. The van der Waals surface area contributed by atoms with Gasteiger partial charge in [-0.1, -0.05) is 55.5 Å². The number of nitrogens with one attached hydrogen (secondary N) is 1. The average molecular weight is 326 g/mol. The zero-order valence-electron chi connectivity index (χ0n) is 14.5. The first-order valence-corrected chi connectivity index (χ1v) is 8.52. The number of benzene rings is 2. The molecule has 0 saturated carbocycles. The summed E-state index contributed by atoms with van der Waals surface area (Å²) in [5.74, 6) is 0.894. The largest absolute Gasteiger partial charge is 0.491 e. The number of hydrogen-bond acceptors (Lipinski definition) is 2. The first-order chi connectivity index (χ1) is 11.7. The molecule has 2 aromatic carbocycles. The van der Waals surface area contributed by atoms with E-state index in [4.69, 9.17) is 4.74 Å². The van der Waals surface area contributed by atoms with Gasteiger partial charge < -0.3 is 15.0 Å². The van der Waals surface area contributed by atoms with E-state index in [0.29, 0.717) is 26.2 Å². The molecule has 4 nitrogen and oxygen atoms in total. The van der Waals surface area contributed by atoms with Crippen LogP contribution in [0.2, 0.25) is 0 Å². The van der Waals surface area contributed by atoms with Gasteiger partial charge in [-0.3, -0.25) is 0 Å². The highest BCUT2D eigenvalue weighted by molar-refractivity contribution is 5.74. The van der Waals surface area contributed by atoms with Crippen molar-refractivity contribution < 1.29 is 9.53 Å². The number of ether oxygens (including phenoxy) is 1. The summed E-state index contributed by atoms with van der Waals surface area (Å²) in [5.41, 5.74) is 2.31. The van der Waals surface area contributed by atoms with Crippen LogP contribution in [0.1, 0.15) is 25.0 Å². The zero-order valence-corrected chi connectivity index (χ0v) is 14.5. The van der Waals surface area contributed by atoms with E-state index in [0.717, 1.165) is 17.7 Å². The van der Waals surface area contributed by atoms with E-state index in [-0.39, 0.29) is 6.03 Å². The lowest BCUT2D eigenvalue weighted by Crippen LogP contribution is -2.41. The van der Waals surface area contributed by atoms with Crippen LogP contribution < -0.4 is 10.1 Å². The van der Waals surface area contributed by atoms with Crippen molar-refractivity contribution in [3.8, 4) is 5.75 Å². The topological polar surface area (TPSA) is 41.6 Å². The molecule has 2 aromatic rings. The van der Waals surface area contributed by atoms with Gasteiger partial charge in [0.25, 0.3) is 0 Å². The molecule has 0 aliphatic carbocycles. The number of urea groups is 1. The SMILES string of the molecule is CCc1ccccc1OCCNC(=O)N(CC)Cc1ccccc1. The summed E-state index contributed by atoms with van der Waals surface area (Å²) in [6.45, 7) is 6.32. The minimum absolute atomic E-state index is 0.0614. The Morgan fingerprint density at radius 2 is 1.75 bits per heavy atom. The van der Waals surface area contributed by atoms with Crippen LogP contribution >= 0.6 is 0 Å². The Morgan fingerprint density at radius 3 is 2.46 bits per heavy atom. The number of hydrogen-bond donors (Lipinski definition) is 1. The molecule has 0 fully saturated rings. The number of carbonyl (C=O) groups is 1. The van der Waals surface area contributed by atoms with Crippen LogP contribution in [0, 0.1) is 0 Å². The normalized spacial score (nSPS) is 10.2. The third kappa shape index (κ3) is 5.30. The number of para-hydroxylation sites is 1. The summed E-state index contributed by atoms with van der Waals surface area (Å²) in [7, 11) is 0. The molecule has 2 amide bonds. The van der Waals surface area contributed by atoms with Crippen LogP contribution in [0.3, 0.4) is 0 Å². The van der Waals surface area contributed by atoms with Crippen LogP contribution in [0.4, 0.5) is 4.79 Å². The summed E-state index contributed by atoms with van der Waals surface area (Å²) in [4.78, 5) is 14.1. The molecule has 0 saturated heterocycles. The highest BCUT2D eigenvalue weighted by Crippen LogP contribution is 2.17. The molecule has 4 heteroatoms. The van der Waals surface area contributed by atoms with Gasteiger partial charge in [-0.25, -0.2) is 4.79 Å². The van der Waals surface area contributed by atoms with Gasteiger partial charge >= 0.3 is 6.03 Å². The van der Waals surface area contributed by atoms with Gasteiger partial charge in [0.1, 0.15) is 12.4 Å². The monoisotopic (exact) mass is 326 g/mol. The summed E-state index contributed by atoms with van der Waals surface area (Å²) >= 11 is 0. The molecule has 0 radical (unpaired) electrons. The van der Waals surface area contributed by atoms with Crippen molar-refractivity contribution in [2.75, 3.05) is 19.7 Å². The molecule has 128 valence electrons. The molecule has 0 aliphatic heterocycles. The van der Waals surface area contributed by atoms with E-state index < -0.39 is 0 Å². The molecular formula is C20H26N2O2. The first-order valence-electron chi connectivity index (χ1n) is 8.52. The van der Waals surface area contributed by atoms with Gasteiger partial charge in [0, 0.05) is 13.1 Å². The van der Waals surface area contributed by atoms with Crippen LogP contribution in [-0.2, 0) is 13.0 Å². The highest BCUT2D eigenvalue weighted by Gasteiger charge is 2.11. The van der Waals surface area contributed by atoms with Crippen LogP contribution in [0.15, 0.2) is 54.6 Å². The third-order valence-electron chi connectivity index (χ3n) is 3.87. The van der Waals surface area contributed by atoms with Gasteiger partial charge in [0.15, 0.2) is 0 Å². The van der Waals surface area contributed by atoms with Gasteiger partial charge in [0.2, 0.25) is 0 Å². The van der Waals surface area contributed by atoms with Gasteiger partial charge in [-0.05, 0) is 30.5 Å². The van der Waals surface area contributed by atoms with Crippen molar-refractivity contribution in [3.05, 3.63) is 65.7 Å². The summed E-state index contributed by atoms with van der Waals surface area (Å²) in [6.07, 6.45) is 0.934. The van der Waals surface area contributed by atoms with E-state index in [1.165, 1.54) is 5.56 Å². The summed E-state index contributed by atoms with van der Waals surface area (Å²) in [6, 6.07) is 17.9. The number of amides is 2. The predicted octanol–water partition coefficient (Wildman–Crippen LogP) is 3.86. The van der Waals surface area contributed by atoms with Gasteiger partial charge in [-0.2, -0.15) is 0 Å². The van der Waals surface area contributed by atoms with E-state index in [1.807, 2.05) is 55.5 Å². The maximum Gasteiger partial charge on any atom is 0.317 e. The fourth-order valence-corrected chi connectivity index (χ4v) is 2.50. The Labute approximate surface area is 144 Å². The predicted molar refractivity (Wildman–Crippen MR) is 97.2 cm³/mol. The number of nitrogens with zero attached hydrogens (tertiary/aromatic N) is 1. The van der Waals surface area contributed by atoms with Crippen molar-refractivity contribution in [1.29, 1.82) is 0 Å². The zero-order chi connectivity index (χ0) is 17.2. The molecule has 2 rings (SSSR count). The molecule has 0 aromatic heterocycles. The fourth-order valence-electron chi connectivity index (χ4n) is 2.50. The molecule has 0 unspecified atom stereocenters. The van der Waals surface area contributed by atoms with Gasteiger partial charge in [0.05, 0.1) is 6.54 Å². The lowest BCUT2D eigenvalue weighted by Gasteiger charge is -2.21. The van der Waals surface area contributed by atoms with Crippen LogP contribution in [0.5, 0.6) is 5.75 Å². The van der Waals surface area contributed by atoms with Gasteiger partial charge in [-0.15, -0.1) is 0 Å². The maximum absolute atomic E-state index is 12.3. The van der Waals surface area contributed by atoms with Crippen molar-refractivity contribution in [1.82, 2.24) is 10.2 Å². The van der Waals surface area contributed by atoms with E-state index in [9.17, 15) is 4.79 Å². The van der Waals surface area contributed by atoms with Crippen molar-refractivity contribution in [3.63, 3.8) is 0 Å². The van der Waals surface area contributed by atoms with Crippen LogP contribution in [0.25, 0.3) is 0 Å². The second kappa shape index (κ2) is 9.60. The molecule has 0 aliphatic rings. The molecular weight excluding hydrogens is 300 g/mol. The minimum Gasteiger partial charge on any atom is -0.491 e. The van der Waals surface area contributed by atoms with Crippen molar-refractivity contribution in [2.45, 2.75) is 26.8 Å². The molecule has 0 atom stereocenters. The highest BCUT2D eigenvalue weighted by atomic mass is 16.5. The average Bonchev–Trinajstić information content (AvgIpc) is 2.64. The lowest BCUT2D eigenvalue weighted by molar-refractivity contribution is 0.195. The Morgan fingerprint density at radius 1 is 1.04 bits per heavy atom. The smallest absolute Gasteiger partial charge is 0.317 e. The molecule has 0 spiro atoms. The van der Waals surface area contributed by atoms with Crippen LogP contribution in [-0.4, -0.2) is 30.6 Å². The quantitative estimate of drug-likeness (QED) is 0.749.